The summed E-state index contributed by atoms with van der Waals surface area (Å²) in [6.45, 7) is 4.67. The van der Waals surface area contributed by atoms with Gasteiger partial charge in [-0.2, -0.15) is 10.4 Å². The number of fused-ring (bicyclic) bond motifs is 1. The number of nitrogens with one attached hydrogen (secondary N) is 1. The van der Waals surface area contributed by atoms with Crippen molar-refractivity contribution in [1.82, 2.24) is 0 Å². The molecule has 0 atom stereocenters. The van der Waals surface area contributed by atoms with E-state index in [0.717, 1.165) is 0 Å². The van der Waals surface area contributed by atoms with Crippen molar-refractivity contribution in [3.05, 3.63) is 18.2 Å². The molecule has 1 aliphatic heterocycles. The van der Waals surface area contributed by atoms with Crippen LogP contribution in [0.3, 0.4) is 0 Å². The predicted octanol–water partition coefficient (Wildman–Crippen LogP) is 1.88. The second-order valence-corrected chi connectivity index (χ2v) is 7.94. The Balaban J connectivity index is 2.25. The summed E-state index contributed by atoms with van der Waals surface area (Å²) in [5, 5.41) is 12.1. The van der Waals surface area contributed by atoms with Gasteiger partial charge in [-0.15, -0.1) is 0 Å². The van der Waals surface area contributed by atoms with Gasteiger partial charge in [0, 0.05) is 6.07 Å². The van der Waals surface area contributed by atoms with Crippen LogP contribution in [0.15, 0.2) is 23.3 Å². The first-order valence-electron chi connectivity index (χ1n) is 6.14. The van der Waals surface area contributed by atoms with E-state index in [0.29, 0.717) is 17.2 Å². The first-order chi connectivity index (χ1) is 9.75. The lowest BCUT2D eigenvalue weighted by Crippen LogP contribution is -2.34. The smallest absolute Gasteiger partial charge is 0.252 e. The predicted molar refractivity (Wildman–Crippen MR) is 77.9 cm³/mol. The van der Waals surface area contributed by atoms with E-state index in [1.807, 2.05) is 0 Å². The maximum absolute atomic E-state index is 12.2. The second kappa shape index (κ2) is 5.26. The monoisotopic (exact) mass is 309 g/mol. The number of nitrogens with zero attached hydrogens (tertiary/aromatic N) is 2. The molecule has 0 fully saturated rings. The SMILES string of the molecule is CC(C)(C)S(=O)(=O)C(C#N)=NNc1ccc2c(c1)OCO2. The largest absolute Gasteiger partial charge is 0.454 e. The molecule has 1 N–H and O–H groups in total. The molecular formula is C13H15N3O4S. The van der Waals surface area contributed by atoms with E-state index < -0.39 is 19.6 Å². The molecule has 1 heterocycles. The zero-order valence-corrected chi connectivity index (χ0v) is 12.7. The zero-order valence-electron chi connectivity index (χ0n) is 11.9. The van der Waals surface area contributed by atoms with Crippen LogP contribution in [0, 0.1) is 11.3 Å². The molecule has 0 unspecified atom stereocenters. The lowest BCUT2D eigenvalue weighted by atomic mass is 10.3. The lowest BCUT2D eigenvalue weighted by Gasteiger charge is -2.17. The molecule has 0 amide bonds. The van der Waals surface area contributed by atoms with Gasteiger partial charge in [-0.1, -0.05) is 0 Å². The average Bonchev–Trinajstić information content (AvgIpc) is 2.85. The first kappa shape index (κ1) is 15.1. The number of hydrazone groups is 1. The number of sulfone groups is 1. The molecule has 2 rings (SSSR count). The van der Waals surface area contributed by atoms with Gasteiger partial charge in [-0.3, -0.25) is 5.43 Å². The van der Waals surface area contributed by atoms with Gasteiger partial charge in [-0.05, 0) is 32.9 Å². The summed E-state index contributed by atoms with van der Waals surface area (Å²) in [5.41, 5.74) is 3.05. The van der Waals surface area contributed by atoms with Gasteiger partial charge in [-0.25, -0.2) is 8.42 Å². The highest BCUT2D eigenvalue weighted by atomic mass is 32.2. The van der Waals surface area contributed by atoms with Crippen molar-refractivity contribution in [2.24, 2.45) is 5.10 Å². The Morgan fingerprint density at radius 3 is 2.62 bits per heavy atom. The van der Waals surface area contributed by atoms with Gasteiger partial charge >= 0.3 is 0 Å². The summed E-state index contributed by atoms with van der Waals surface area (Å²) in [5.74, 6) is 1.14. The zero-order chi connectivity index (χ0) is 15.7. The molecule has 0 bridgehead atoms. The van der Waals surface area contributed by atoms with Gasteiger partial charge in [0.1, 0.15) is 6.07 Å². The normalized spacial score (nSPS) is 14.7. The standard InChI is InChI=1S/C13H15N3O4S/c1-13(2,3)21(17,18)12(7-14)16-15-9-4-5-10-11(6-9)20-8-19-10/h4-6,15H,8H2,1-3H3. The molecular weight excluding hydrogens is 294 g/mol. The van der Waals surface area contributed by atoms with E-state index in [9.17, 15) is 8.42 Å². The molecule has 21 heavy (non-hydrogen) atoms. The van der Waals surface area contributed by atoms with Crippen LogP contribution in [0.5, 0.6) is 11.5 Å². The minimum atomic E-state index is -3.80. The molecule has 8 heteroatoms. The number of benzene rings is 1. The molecule has 0 saturated carbocycles. The molecule has 1 aromatic rings. The van der Waals surface area contributed by atoms with Crippen LogP contribution < -0.4 is 14.9 Å². The van der Waals surface area contributed by atoms with Crippen LogP contribution in [-0.2, 0) is 9.84 Å². The second-order valence-electron chi connectivity index (χ2n) is 5.32. The van der Waals surface area contributed by atoms with Crippen molar-refractivity contribution >= 4 is 20.6 Å². The third-order valence-electron chi connectivity index (χ3n) is 2.82. The Bertz CT molecular complexity index is 727. The molecule has 0 radical (unpaired) electrons. The Kier molecular flexibility index (Phi) is 3.78. The summed E-state index contributed by atoms with van der Waals surface area (Å²) in [6, 6.07) is 6.55. The molecule has 0 saturated heterocycles. The molecule has 7 nitrogen and oxygen atoms in total. The summed E-state index contributed by atoms with van der Waals surface area (Å²) >= 11 is 0. The molecule has 1 aliphatic rings. The van der Waals surface area contributed by atoms with Crippen LogP contribution >= 0.6 is 0 Å². The number of anilines is 1. The van der Waals surface area contributed by atoms with Crippen LogP contribution in [0.4, 0.5) is 5.69 Å². The summed E-state index contributed by atoms with van der Waals surface area (Å²) in [6.07, 6.45) is 0. The highest BCUT2D eigenvalue weighted by molar-refractivity contribution is 8.08. The van der Waals surface area contributed by atoms with Crippen LogP contribution in [0.1, 0.15) is 20.8 Å². The molecule has 0 aromatic heterocycles. The maximum Gasteiger partial charge on any atom is 0.252 e. The average molecular weight is 309 g/mol. The summed E-state index contributed by atoms with van der Waals surface area (Å²) in [4.78, 5) is 0. The minimum absolute atomic E-state index is 0.143. The Morgan fingerprint density at radius 1 is 1.33 bits per heavy atom. The van der Waals surface area contributed by atoms with Crippen molar-refractivity contribution in [3.63, 3.8) is 0 Å². The number of hydrogen-bond acceptors (Lipinski definition) is 7. The molecule has 1 aromatic carbocycles. The van der Waals surface area contributed by atoms with E-state index >= 15 is 0 Å². The number of rotatable bonds is 2. The van der Waals surface area contributed by atoms with Crippen molar-refractivity contribution in [1.29, 1.82) is 5.26 Å². The lowest BCUT2D eigenvalue weighted by molar-refractivity contribution is 0.174. The number of ether oxygens (including phenoxy) is 2. The highest BCUT2D eigenvalue weighted by Gasteiger charge is 2.34. The van der Waals surface area contributed by atoms with E-state index in [1.165, 1.54) is 20.8 Å². The summed E-state index contributed by atoms with van der Waals surface area (Å²) in [7, 11) is -3.80. The fourth-order valence-corrected chi connectivity index (χ4v) is 2.38. The van der Waals surface area contributed by atoms with Crippen molar-refractivity contribution in [2.45, 2.75) is 25.5 Å². The van der Waals surface area contributed by atoms with Crippen molar-refractivity contribution in [3.8, 4) is 17.6 Å². The Morgan fingerprint density at radius 2 is 2.00 bits per heavy atom. The van der Waals surface area contributed by atoms with E-state index in [-0.39, 0.29) is 6.79 Å². The third-order valence-corrected chi connectivity index (χ3v) is 5.12. The number of nitriles is 1. The first-order valence-corrected chi connectivity index (χ1v) is 7.62. The fourth-order valence-electron chi connectivity index (χ4n) is 1.52. The molecule has 112 valence electrons. The molecule has 0 aliphatic carbocycles. The van der Waals surface area contributed by atoms with Crippen LogP contribution in [-0.4, -0.2) is 25.0 Å². The maximum atomic E-state index is 12.2. The van der Waals surface area contributed by atoms with Crippen LogP contribution in [0.2, 0.25) is 0 Å². The van der Waals surface area contributed by atoms with Crippen molar-refractivity contribution < 1.29 is 17.9 Å². The van der Waals surface area contributed by atoms with Gasteiger partial charge in [0.05, 0.1) is 10.4 Å². The van der Waals surface area contributed by atoms with E-state index in [4.69, 9.17) is 14.7 Å². The Hall–Kier alpha value is -2.27. The van der Waals surface area contributed by atoms with Gasteiger partial charge in [0.25, 0.3) is 5.04 Å². The van der Waals surface area contributed by atoms with E-state index in [1.54, 1.807) is 24.3 Å². The molecule has 0 spiro atoms. The van der Waals surface area contributed by atoms with Crippen LogP contribution in [0.25, 0.3) is 0 Å². The van der Waals surface area contributed by atoms with Gasteiger partial charge in [0.2, 0.25) is 16.6 Å². The fraction of sp³-hybridized carbons (Fsp3) is 0.385. The van der Waals surface area contributed by atoms with E-state index in [2.05, 4.69) is 10.5 Å². The minimum Gasteiger partial charge on any atom is -0.454 e. The number of hydrogen-bond donors (Lipinski definition) is 1. The Labute approximate surface area is 123 Å². The van der Waals surface area contributed by atoms with Gasteiger partial charge < -0.3 is 9.47 Å². The van der Waals surface area contributed by atoms with Crippen molar-refractivity contribution in [2.75, 3.05) is 12.2 Å². The topological polar surface area (TPSA) is 101 Å². The summed E-state index contributed by atoms with van der Waals surface area (Å²) < 4.78 is 33.6. The quantitative estimate of drug-likeness (QED) is 0.508. The third kappa shape index (κ3) is 2.92. The highest BCUT2D eigenvalue weighted by Crippen LogP contribution is 2.34. The van der Waals surface area contributed by atoms with Gasteiger partial charge in [0.15, 0.2) is 11.5 Å².